The molecule has 1 aliphatic heterocycles. The van der Waals surface area contributed by atoms with Crippen LogP contribution in [0, 0.1) is 0 Å². The maximum Gasteiger partial charge on any atom is 0.501 e. The first-order valence-electron chi connectivity index (χ1n) is 11.0. The minimum absolute atomic E-state index is 0.0935. The summed E-state index contributed by atoms with van der Waals surface area (Å²) in [5, 5.41) is 2.54. The van der Waals surface area contributed by atoms with Gasteiger partial charge in [-0.1, -0.05) is 25.1 Å². The Labute approximate surface area is 214 Å². The molecule has 1 aliphatic rings. The van der Waals surface area contributed by atoms with Gasteiger partial charge < -0.3 is 5.32 Å². The molecule has 38 heavy (non-hydrogen) atoms. The molecular weight excluding hydrogens is 527 g/mol. The average Bonchev–Trinajstić information content (AvgIpc) is 3.20. The van der Waals surface area contributed by atoms with Crippen LogP contribution in [-0.2, 0) is 14.6 Å². The first kappa shape index (κ1) is 26.6. The molecule has 0 aliphatic carbocycles. The number of sulfone groups is 1. The normalized spacial score (nSPS) is 16.6. The summed E-state index contributed by atoms with van der Waals surface area (Å²) < 4.78 is 61.5. The molecule has 14 heteroatoms. The van der Waals surface area contributed by atoms with Crippen molar-refractivity contribution in [2.24, 2.45) is 0 Å². The van der Waals surface area contributed by atoms with Gasteiger partial charge in [0.15, 0.2) is 0 Å². The summed E-state index contributed by atoms with van der Waals surface area (Å²) in [6.45, 7) is 1.67. The third-order valence-electron chi connectivity index (χ3n) is 5.83. The number of carbonyl (C=O) groups is 3. The SMILES string of the molecule is CC(c1ccnc(NNC(=O)c2ccccc2)c1)C1NC(=O)N(c2ccc(S(=O)(=O)C(F)(F)F)cc2)C1=O. The summed E-state index contributed by atoms with van der Waals surface area (Å²) in [6.07, 6.45) is 1.45. The van der Waals surface area contributed by atoms with Crippen LogP contribution in [0.15, 0.2) is 77.8 Å². The number of hydrazine groups is 1. The second-order valence-electron chi connectivity index (χ2n) is 8.25. The van der Waals surface area contributed by atoms with Crippen LogP contribution in [0.4, 0.5) is 29.5 Å². The Balaban J connectivity index is 1.47. The van der Waals surface area contributed by atoms with Crippen molar-refractivity contribution in [3.05, 3.63) is 84.1 Å². The first-order chi connectivity index (χ1) is 17.9. The summed E-state index contributed by atoms with van der Waals surface area (Å²) in [7, 11) is -5.58. The molecular formula is C24H20F3N5O5S. The largest absolute Gasteiger partial charge is 0.501 e. The number of anilines is 2. The van der Waals surface area contributed by atoms with Crippen LogP contribution in [-0.4, -0.2) is 42.8 Å². The average molecular weight is 548 g/mol. The highest BCUT2D eigenvalue weighted by Crippen LogP contribution is 2.33. The molecule has 3 N–H and O–H groups in total. The number of urea groups is 1. The summed E-state index contributed by atoms with van der Waals surface area (Å²) in [5.41, 5.74) is 0.629. The van der Waals surface area contributed by atoms with Crippen LogP contribution in [0.5, 0.6) is 0 Å². The van der Waals surface area contributed by atoms with Crippen molar-refractivity contribution in [3.8, 4) is 0 Å². The van der Waals surface area contributed by atoms with Gasteiger partial charge in [0.2, 0.25) is 0 Å². The van der Waals surface area contributed by atoms with Crippen molar-refractivity contribution in [1.29, 1.82) is 0 Å². The summed E-state index contributed by atoms with van der Waals surface area (Å²) in [6, 6.07) is 13.1. The van der Waals surface area contributed by atoms with Gasteiger partial charge in [0, 0.05) is 17.7 Å². The number of rotatable bonds is 7. The molecule has 2 atom stereocenters. The quantitative estimate of drug-likeness (QED) is 0.305. The molecule has 3 aromatic rings. The number of nitrogens with one attached hydrogen (secondary N) is 3. The maximum absolute atomic E-state index is 13.1. The predicted molar refractivity (Wildman–Crippen MR) is 130 cm³/mol. The molecule has 2 unspecified atom stereocenters. The Bertz CT molecular complexity index is 1480. The fraction of sp³-hybridized carbons (Fsp3) is 0.167. The predicted octanol–water partition coefficient (Wildman–Crippen LogP) is 3.36. The highest BCUT2D eigenvalue weighted by Gasteiger charge is 2.47. The van der Waals surface area contributed by atoms with E-state index in [2.05, 4.69) is 21.2 Å². The second kappa shape index (κ2) is 10.1. The lowest BCUT2D eigenvalue weighted by atomic mass is 9.94. The summed E-state index contributed by atoms with van der Waals surface area (Å²) in [4.78, 5) is 41.7. The molecule has 0 saturated carbocycles. The van der Waals surface area contributed by atoms with Crippen LogP contribution in [0.25, 0.3) is 0 Å². The van der Waals surface area contributed by atoms with Gasteiger partial charge in [-0.3, -0.25) is 20.4 Å². The fourth-order valence-electron chi connectivity index (χ4n) is 3.76. The molecule has 2 heterocycles. The molecule has 0 spiro atoms. The van der Waals surface area contributed by atoms with Crippen LogP contribution < -0.4 is 21.1 Å². The number of hydrogen-bond donors (Lipinski definition) is 3. The van der Waals surface area contributed by atoms with Gasteiger partial charge in [0.1, 0.15) is 11.9 Å². The van der Waals surface area contributed by atoms with Crippen molar-refractivity contribution in [1.82, 2.24) is 15.7 Å². The van der Waals surface area contributed by atoms with Gasteiger partial charge in [-0.15, -0.1) is 0 Å². The highest BCUT2D eigenvalue weighted by atomic mass is 32.2. The molecule has 2 aromatic carbocycles. The van der Waals surface area contributed by atoms with Crippen LogP contribution in [0.3, 0.4) is 0 Å². The van der Waals surface area contributed by atoms with Gasteiger partial charge in [-0.25, -0.2) is 23.1 Å². The number of imide groups is 1. The Hall–Kier alpha value is -4.46. The molecule has 1 saturated heterocycles. The topological polar surface area (TPSA) is 138 Å². The standard InChI is InChI=1S/C24H20F3N5O5S/c1-14(16-11-12-28-19(13-16)30-31-21(33)15-5-3-2-4-6-15)20-22(34)32(23(35)29-20)17-7-9-18(10-8-17)38(36,37)24(25,26)27/h2-14,20H,1H3,(H,28,30)(H,29,35)(H,31,33). The van der Waals surface area contributed by atoms with E-state index < -0.39 is 50.0 Å². The number of hydrogen-bond acceptors (Lipinski definition) is 7. The monoisotopic (exact) mass is 547 g/mol. The van der Waals surface area contributed by atoms with Gasteiger partial charge in [0.25, 0.3) is 21.7 Å². The number of halogens is 3. The van der Waals surface area contributed by atoms with Crippen LogP contribution in [0.2, 0.25) is 0 Å². The van der Waals surface area contributed by atoms with E-state index in [-0.39, 0.29) is 11.5 Å². The number of alkyl halides is 3. The molecule has 1 fully saturated rings. The number of amides is 4. The van der Waals surface area contributed by atoms with E-state index in [4.69, 9.17) is 0 Å². The third kappa shape index (κ3) is 5.16. The van der Waals surface area contributed by atoms with Gasteiger partial charge in [0.05, 0.1) is 10.6 Å². The van der Waals surface area contributed by atoms with E-state index in [1.165, 1.54) is 6.20 Å². The van der Waals surface area contributed by atoms with Crippen molar-refractivity contribution < 1.29 is 36.0 Å². The second-order valence-corrected chi connectivity index (χ2v) is 10.2. The van der Waals surface area contributed by atoms with Gasteiger partial charge >= 0.3 is 11.5 Å². The maximum atomic E-state index is 13.1. The number of carbonyl (C=O) groups excluding carboxylic acids is 3. The van der Waals surface area contributed by atoms with Crippen LogP contribution >= 0.6 is 0 Å². The molecule has 0 bridgehead atoms. The lowest BCUT2D eigenvalue weighted by Crippen LogP contribution is -2.35. The minimum atomic E-state index is -5.58. The molecule has 1 aromatic heterocycles. The van der Waals surface area contributed by atoms with Crippen molar-refractivity contribution in [2.45, 2.75) is 29.3 Å². The Morgan fingerprint density at radius 2 is 1.71 bits per heavy atom. The van der Waals surface area contributed by atoms with E-state index in [9.17, 15) is 36.0 Å². The van der Waals surface area contributed by atoms with E-state index in [0.717, 1.165) is 17.0 Å². The van der Waals surface area contributed by atoms with Crippen molar-refractivity contribution >= 4 is 39.2 Å². The molecule has 0 radical (unpaired) electrons. The molecule has 198 valence electrons. The van der Waals surface area contributed by atoms with Crippen LogP contribution in [0.1, 0.15) is 28.8 Å². The van der Waals surface area contributed by atoms with E-state index in [1.54, 1.807) is 49.4 Å². The summed E-state index contributed by atoms with van der Waals surface area (Å²) in [5.74, 6) is -1.38. The zero-order valence-electron chi connectivity index (χ0n) is 19.6. The number of benzene rings is 2. The Morgan fingerprint density at radius 3 is 2.34 bits per heavy atom. The fourth-order valence-corrected chi connectivity index (χ4v) is 4.52. The molecule has 10 nitrogen and oxygen atoms in total. The van der Waals surface area contributed by atoms with E-state index >= 15 is 0 Å². The van der Waals surface area contributed by atoms with E-state index in [0.29, 0.717) is 23.3 Å². The van der Waals surface area contributed by atoms with Gasteiger partial charge in [-0.2, -0.15) is 13.2 Å². The van der Waals surface area contributed by atoms with E-state index in [1.807, 2.05) is 0 Å². The number of pyridine rings is 1. The van der Waals surface area contributed by atoms with Gasteiger partial charge in [-0.05, 0) is 54.1 Å². The number of aromatic nitrogens is 1. The molecule has 4 rings (SSSR count). The Kier molecular flexibility index (Phi) is 7.09. The first-order valence-corrected chi connectivity index (χ1v) is 12.5. The smallest absolute Gasteiger partial charge is 0.325 e. The zero-order chi connectivity index (χ0) is 27.7. The zero-order valence-corrected chi connectivity index (χ0v) is 20.4. The minimum Gasteiger partial charge on any atom is -0.325 e. The summed E-state index contributed by atoms with van der Waals surface area (Å²) >= 11 is 0. The lowest BCUT2D eigenvalue weighted by molar-refractivity contribution is -0.118. The highest BCUT2D eigenvalue weighted by molar-refractivity contribution is 7.92. The van der Waals surface area contributed by atoms with Crippen molar-refractivity contribution in [2.75, 3.05) is 10.3 Å². The number of nitrogens with zero attached hydrogens (tertiary/aromatic N) is 2. The molecule has 4 amide bonds. The van der Waals surface area contributed by atoms with Crippen molar-refractivity contribution in [3.63, 3.8) is 0 Å². The lowest BCUT2D eigenvalue weighted by Gasteiger charge is -2.19. The third-order valence-corrected chi connectivity index (χ3v) is 7.33. The Morgan fingerprint density at radius 1 is 1.05 bits per heavy atom.